The van der Waals surface area contributed by atoms with Gasteiger partial charge < -0.3 is 14.6 Å². The highest BCUT2D eigenvalue weighted by Crippen LogP contribution is 2.27. The highest BCUT2D eigenvalue weighted by molar-refractivity contribution is 7.99. The molecule has 1 aliphatic heterocycles. The van der Waals surface area contributed by atoms with Crippen molar-refractivity contribution in [1.29, 1.82) is 0 Å². The molecule has 0 saturated carbocycles. The Bertz CT molecular complexity index is 1050. The second kappa shape index (κ2) is 7.75. The number of hydrogen-bond donors (Lipinski definition) is 1. The maximum Gasteiger partial charge on any atom is 0.323 e. The smallest absolute Gasteiger partial charge is 0.323 e. The van der Waals surface area contributed by atoms with Crippen LogP contribution in [0.25, 0.3) is 22.1 Å². The maximum atomic E-state index is 12.5. The monoisotopic (exact) mass is 399 g/mol. The summed E-state index contributed by atoms with van der Waals surface area (Å²) in [4.78, 5) is 30.2. The van der Waals surface area contributed by atoms with Gasteiger partial charge in [0.2, 0.25) is 11.1 Å². The summed E-state index contributed by atoms with van der Waals surface area (Å²) >= 11 is 1.24. The zero-order chi connectivity index (χ0) is 19.7. The molecule has 2 aromatic heterocycles. The molecule has 28 heavy (non-hydrogen) atoms. The predicted octanol–water partition coefficient (Wildman–Crippen LogP) is 2.41. The second-order valence-corrected chi connectivity index (χ2v) is 8.08. The van der Waals surface area contributed by atoms with Crippen LogP contribution in [0.5, 0.6) is 0 Å². The quantitative estimate of drug-likeness (QED) is 0.658. The lowest BCUT2D eigenvalue weighted by atomic mass is 10.0. The molecule has 1 amide bonds. The average molecular weight is 399 g/mol. The van der Waals surface area contributed by atoms with Gasteiger partial charge in [-0.1, -0.05) is 36.9 Å². The fourth-order valence-electron chi connectivity index (χ4n) is 3.68. The number of carboxylic acid groups (broad SMARTS) is 1. The van der Waals surface area contributed by atoms with Gasteiger partial charge in [0, 0.05) is 18.5 Å². The van der Waals surface area contributed by atoms with E-state index in [1.807, 2.05) is 29.2 Å². The van der Waals surface area contributed by atoms with Crippen LogP contribution in [0.1, 0.15) is 19.8 Å². The SMILES string of the molecule is C[C@@H]1CCCN(C(=O)CSc2nnc3c4ccccc4n(CC(=O)O)c3n2)C1. The molecule has 3 aromatic rings. The number of carbonyl (C=O) groups excluding carboxylic acids is 1. The molecule has 9 heteroatoms. The van der Waals surface area contributed by atoms with Crippen molar-refractivity contribution in [2.45, 2.75) is 31.5 Å². The molecular weight excluding hydrogens is 378 g/mol. The summed E-state index contributed by atoms with van der Waals surface area (Å²) in [7, 11) is 0. The summed E-state index contributed by atoms with van der Waals surface area (Å²) in [6.45, 7) is 3.55. The Hall–Kier alpha value is -2.68. The third-order valence-corrected chi connectivity index (χ3v) is 5.80. The number of aliphatic carboxylic acids is 1. The van der Waals surface area contributed by atoms with Crippen LogP contribution < -0.4 is 0 Å². The molecule has 0 bridgehead atoms. The summed E-state index contributed by atoms with van der Waals surface area (Å²) < 4.78 is 1.62. The number of piperidine rings is 1. The van der Waals surface area contributed by atoms with Gasteiger partial charge in [0.15, 0.2) is 5.65 Å². The minimum atomic E-state index is -0.954. The van der Waals surface area contributed by atoms with Crippen LogP contribution in [0.4, 0.5) is 0 Å². The van der Waals surface area contributed by atoms with E-state index < -0.39 is 5.97 Å². The van der Waals surface area contributed by atoms with Crippen molar-refractivity contribution in [1.82, 2.24) is 24.6 Å². The number of nitrogens with zero attached hydrogens (tertiary/aromatic N) is 5. The minimum Gasteiger partial charge on any atom is -0.480 e. The molecule has 1 fully saturated rings. The van der Waals surface area contributed by atoms with Gasteiger partial charge in [-0.2, -0.15) is 0 Å². The zero-order valence-corrected chi connectivity index (χ0v) is 16.4. The number of carbonyl (C=O) groups is 2. The molecule has 3 heterocycles. The lowest BCUT2D eigenvalue weighted by Gasteiger charge is -2.30. The number of para-hydroxylation sites is 1. The Morgan fingerprint density at radius 1 is 1.29 bits per heavy atom. The molecular formula is C19H21N5O3S. The Morgan fingerprint density at radius 2 is 2.11 bits per heavy atom. The Balaban J connectivity index is 1.59. The summed E-state index contributed by atoms with van der Waals surface area (Å²) in [5, 5.41) is 18.9. The Morgan fingerprint density at radius 3 is 2.89 bits per heavy atom. The number of carboxylic acids is 1. The Kier molecular flexibility index (Phi) is 5.17. The number of thioether (sulfide) groups is 1. The summed E-state index contributed by atoms with van der Waals surface area (Å²) in [6.07, 6.45) is 2.20. The van der Waals surface area contributed by atoms with Gasteiger partial charge in [-0.3, -0.25) is 9.59 Å². The molecule has 0 spiro atoms. The van der Waals surface area contributed by atoms with E-state index in [0.717, 1.165) is 36.8 Å². The van der Waals surface area contributed by atoms with Gasteiger partial charge in [-0.25, -0.2) is 4.98 Å². The number of amides is 1. The number of likely N-dealkylation sites (tertiary alicyclic amines) is 1. The van der Waals surface area contributed by atoms with Gasteiger partial charge in [-0.15, -0.1) is 10.2 Å². The van der Waals surface area contributed by atoms with Crippen LogP contribution in [-0.2, 0) is 16.1 Å². The predicted molar refractivity (Wildman–Crippen MR) is 106 cm³/mol. The number of fused-ring (bicyclic) bond motifs is 3. The van der Waals surface area contributed by atoms with Crippen molar-refractivity contribution >= 4 is 45.7 Å². The van der Waals surface area contributed by atoms with E-state index in [-0.39, 0.29) is 18.2 Å². The highest BCUT2D eigenvalue weighted by atomic mass is 32.2. The molecule has 4 rings (SSSR count). The van der Waals surface area contributed by atoms with Crippen LogP contribution in [0.2, 0.25) is 0 Å². The first kappa shape index (κ1) is 18.7. The van der Waals surface area contributed by atoms with E-state index in [2.05, 4.69) is 22.1 Å². The average Bonchev–Trinajstić information content (AvgIpc) is 2.99. The van der Waals surface area contributed by atoms with E-state index in [0.29, 0.717) is 22.2 Å². The topological polar surface area (TPSA) is 101 Å². The standard InChI is InChI=1S/C19H21N5O3S/c1-12-5-4-8-23(9-12)15(25)11-28-19-20-18-17(21-22-19)13-6-2-3-7-14(13)24(18)10-16(26)27/h2-3,6-7,12H,4-5,8-11H2,1H3,(H,26,27)/t12-/m1/s1. The van der Waals surface area contributed by atoms with Crippen LogP contribution >= 0.6 is 11.8 Å². The maximum absolute atomic E-state index is 12.5. The van der Waals surface area contributed by atoms with Gasteiger partial charge in [0.25, 0.3) is 0 Å². The van der Waals surface area contributed by atoms with Crippen molar-refractivity contribution in [3.8, 4) is 0 Å². The molecule has 8 nitrogen and oxygen atoms in total. The minimum absolute atomic E-state index is 0.0753. The molecule has 1 saturated heterocycles. The van der Waals surface area contributed by atoms with Crippen LogP contribution in [0, 0.1) is 5.92 Å². The van der Waals surface area contributed by atoms with Crippen molar-refractivity contribution < 1.29 is 14.7 Å². The number of aromatic nitrogens is 4. The normalized spacial score (nSPS) is 17.3. The molecule has 0 unspecified atom stereocenters. The van der Waals surface area contributed by atoms with Crippen LogP contribution in [0.3, 0.4) is 0 Å². The second-order valence-electron chi connectivity index (χ2n) is 7.14. The van der Waals surface area contributed by atoms with E-state index in [1.54, 1.807) is 4.57 Å². The lowest BCUT2D eigenvalue weighted by Crippen LogP contribution is -2.40. The first-order chi connectivity index (χ1) is 13.5. The van der Waals surface area contributed by atoms with Crippen molar-refractivity contribution in [3.05, 3.63) is 24.3 Å². The molecule has 0 radical (unpaired) electrons. The van der Waals surface area contributed by atoms with Gasteiger partial charge >= 0.3 is 5.97 Å². The molecule has 1 N–H and O–H groups in total. The molecule has 1 atom stereocenters. The summed E-state index contributed by atoms with van der Waals surface area (Å²) in [5.41, 5.74) is 1.79. The summed E-state index contributed by atoms with van der Waals surface area (Å²) in [5.74, 6) is -0.0983. The largest absolute Gasteiger partial charge is 0.480 e. The van der Waals surface area contributed by atoms with Crippen molar-refractivity contribution in [2.24, 2.45) is 5.92 Å². The lowest BCUT2D eigenvalue weighted by molar-refractivity contribution is -0.137. The zero-order valence-electron chi connectivity index (χ0n) is 15.5. The third kappa shape index (κ3) is 3.66. The van der Waals surface area contributed by atoms with E-state index in [1.165, 1.54) is 11.8 Å². The van der Waals surface area contributed by atoms with Crippen molar-refractivity contribution in [2.75, 3.05) is 18.8 Å². The third-order valence-electron chi connectivity index (χ3n) is 4.98. The Labute approximate surface area is 165 Å². The molecule has 146 valence electrons. The number of benzene rings is 1. The first-order valence-corrected chi connectivity index (χ1v) is 10.3. The number of rotatable bonds is 5. The van der Waals surface area contributed by atoms with E-state index in [4.69, 9.17) is 0 Å². The fourth-order valence-corrected chi connectivity index (χ4v) is 4.36. The van der Waals surface area contributed by atoms with Crippen LogP contribution in [0.15, 0.2) is 29.4 Å². The number of hydrogen-bond acceptors (Lipinski definition) is 6. The van der Waals surface area contributed by atoms with E-state index >= 15 is 0 Å². The van der Waals surface area contributed by atoms with Crippen LogP contribution in [-0.4, -0.2) is 60.5 Å². The highest BCUT2D eigenvalue weighted by Gasteiger charge is 2.22. The first-order valence-electron chi connectivity index (χ1n) is 9.27. The van der Waals surface area contributed by atoms with Gasteiger partial charge in [0.1, 0.15) is 12.1 Å². The van der Waals surface area contributed by atoms with Gasteiger partial charge in [-0.05, 0) is 24.8 Å². The molecule has 1 aromatic carbocycles. The fraction of sp³-hybridized carbons (Fsp3) is 0.421. The molecule has 0 aliphatic carbocycles. The molecule has 1 aliphatic rings. The van der Waals surface area contributed by atoms with Gasteiger partial charge in [0.05, 0.1) is 11.3 Å². The summed E-state index contributed by atoms with van der Waals surface area (Å²) in [6, 6.07) is 7.44. The van der Waals surface area contributed by atoms with E-state index in [9.17, 15) is 14.7 Å². The van der Waals surface area contributed by atoms with Crippen molar-refractivity contribution in [3.63, 3.8) is 0 Å².